The lowest BCUT2D eigenvalue weighted by Gasteiger charge is -2.13. The van der Waals surface area contributed by atoms with Crippen molar-refractivity contribution in [1.29, 1.82) is 0 Å². The first-order valence-corrected chi connectivity index (χ1v) is 7.36. The zero-order chi connectivity index (χ0) is 14.4. The van der Waals surface area contributed by atoms with Gasteiger partial charge in [0.25, 0.3) is 0 Å². The van der Waals surface area contributed by atoms with Crippen molar-refractivity contribution in [2.75, 3.05) is 18.5 Å². The van der Waals surface area contributed by atoms with Crippen molar-refractivity contribution in [2.24, 2.45) is 5.92 Å². The molecule has 0 radical (unpaired) electrons. The van der Waals surface area contributed by atoms with Crippen LogP contribution in [0.2, 0.25) is 0 Å². The van der Waals surface area contributed by atoms with E-state index < -0.39 is 0 Å². The molecule has 110 valence electrons. The minimum atomic E-state index is -0.359. The maximum Gasteiger partial charge on any atom is 0.333 e. The van der Waals surface area contributed by atoms with E-state index in [1.54, 1.807) is 18.2 Å². The number of rotatable bonds is 7. The fourth-order valence-corrected chi connectivity index (χ4v) is 2.61. The molecule has 0 aliphatic heterocycles. The molecule has 0 bridgehead atoms. The molecule has 0 saturated heterocycles. The second kappa shape index (κ2) is 7.12. The molecule has 1 fully saturated rings. The SMILES string of the molecule is CCCNc1cccc(OCC2CCCC2)c1[N+](=O)[O-]. The molecule has 1 aromatic rings. The van der Waals surface area contributed by atoms with Crippen molar-refractivity contribution in [3.63, 3.8) is 0 Å². The van der Waals surface area contributed by atoms with Gasteiger partial charge in [0, 0.05) is 6.54 Å². The third-order valence-electron chi connectivity index (χ3n) is 3.70. The predicted molar refractivity (Wildman–Crippen MR) is 79.3 cm³/mol. The lowest BCUT2D eigenvalue weighted by atomic mass is 10.1. The summed E-state index contributed by atoms with van der Waals surface area (Å²) < 4.78 is 5.72. The van der Waals surface area contributed by atoms with Gasteiger partial charge in [0.05, 0.1) is 11.5 Å². The molecule has 20 heavy (non-hydrogen) atoms. The van der Waals surface area contributed by atoms with Crippen LogP contribution in [0.15, 0.2) is 18.2 Å². The molecular formula is C15H22N2O3. The van der Waals surface area contributed by atoms with E-state index in [0.29, 0.717) is 30.5 Å². The van der Waals surface area contributed by atoms with Crippen LogP contribution in [0.25, 0.3) is 0 Å². The van der Waals surface area contributed by atoms with Crippen LogP contribution in [0.4, 0.5) is 11.4 Å². The summed E-state index contributed by atoms with van der Waals surface area (Å²) in [6.07, 6.45) is 5.75. The molecule has 5 nitrogen and oxygen atoms in total. The first-order chi connectivity index (χ1) is 9.72. The highest BCUT2D eigenvalue weighted by atomic mass is 16.6. The summed E-state index contributed by atoms with van der Waals surface area (Å²) >= 11 is 0. The highest BCUT2D eigenvalue weighted by molar-refractivity contribution is 5.68. The van der Waals surface area contributed by atoms with Crippen molar-refractivity contribution in [2.45, 2.75) is 39.0 Å². The number of hydrogen-bond acceptors (Lipinski definition) is 4. The molecule has 0 aromatic heterocycles. The summed E-state index contributed by atoms with van der Waals surface area (Å²) in [4.78, 5) is 10.9. The molecule has 1 aliphatic carbocycles. The summed E-state index contributed by atoms with van der Waals surface area (Å²) in [5.41, 5.74) is 0.597. The van der Waals surface area contributed by atoms with Crippen LogP contribution < -0.4 is 10.1 Å². The van der Waals surface area contributed by atoms with Crippen molar-refractivity contribution < 1.29 is 9.66 Å². The number of hydrogen-bond donors (Lipinski definition) is 1. The van der Waals surface area contributed by atoms with E-state index in [2.05, 4.69) is 5.32 Å². The molecule has 1 N–H and O–H groups in total. The van der Waals surface area contributed by atoms with Crippen molar-refractivity contribution in [1.82, 2.24) is 0 Å². The molecule has 0 atom stereocenters. The van der Waals surface area contributed by atoms with Gasteiger partial charge in [-0.2, -0.15) is 0 Å². The Morgan fingerprint density at radius 2 is 2.15 bits per heavy atom. The Morgan fingerprint density at radius 3 is 2.80 bits per heavy atom. The Bertz CT molecular complexity index is 456. The number of nitrogens with one attached hydrogen (secondary N) is 1. The van der Waals surface area contributed by atoms with Crippen LogP contribution in [-0.2, 0) is 0 Å². The summed E-state index contributed by atoms with van der Waals surface area (Å²) in [7, 11) is 0. The first-order valence-electron chi connectivity index (χ1n) is 7.36. The monoisotopic (exact) mass is 278 g/mol. The first kappa shape index (κ1) is 14.6. The Labute approximate surface area is 119 Å². The maximum absolute atomic E-state index is 11.3. The summed E-state index contributed by atoms with van der Waals surface area (Å²) in [5.74, 6) is 0.921. The normalized spacial score (nSPS) is 15.2. The maximum atomic E-state index is 11.3. The largest absolute Gasteiger partial charge is 0.486 e. The molecule has 0 spiro atoms. The molecular weight excluding hydrogens is 256 g/mol. The van der Waals surface area contributed by atoms with Crippen molar-refractivity contribution >= 4 is 11.4 Å². The second-order valence-corrected chi connectivity index (χ2v) is 5.30. The smallest absolute Gasteiger partial charge is 0.333 e. The van der Waals surface area contributed by atoms with Crippen LogP contribution in [0, 0.1) is 16.0 Å². The predicted octanol–water partition coefficient (Wildman–Crippen LogP) is 3.99. The minimum Gasteiger partial charge on any atom is -0.486 e. The Hall–Kier alpha value is -1.78. The second-order valence-electron chi connectivity index (χ2n) is 5.30. The number of nitro groups is 1. The van der Waals surface area contributed by atoms with Crippen LogP contribution in [0.1, 0.15) is 39.0 Å². The summed E-state index contributed by atoms with van der Waals surface area (Å²) in [6, 6.07) is 5.22. The van der Waals surface area contributed by atoms with Gasteiger partial charge >= 0.3 is 5.69 Å². The van der Waals surface area contributed by atoms with Crippen LogP contribution in [0.5, 0.6) is 5.75 Å². The van der Waals surface area contributed by atoms with Crippen LogP contribution >= 0.6 is 0 Å². The quantitative estimate of drug-likeness (QED) is 0.605. The van der Waals surface area contributed by atoms with Gasteiger partial charge in [0.1, 0.15) is 5.69 Å². The van der Waals surface area contributed by atoms with Gasteiger partial charge in [-0.1, -0.05) is 25.8 Å². The third kappa shape index (κ3) is 3.62. The summed E-state index contributed by atoms with van der Waals surface area (Å²) in [6.45, 7) is 3.32. The highest BCUT2D eigenvalue weighted by Crippen LogP contribution is 2.35. The number of ether oxygens (including phenoxy) is 1. The van der Waals surface area contributed by atoms with Crippen LogP contribution in [-0.4, -0.2) is 18.1 Å². The zero-order valence-electron chi connectivity index (χ0n) is 11.9. The highest BCUT2D eigenvalue weighted by Gasteiger charge is 2.22. The molecule has 1 aromatic carbocycles. The number of anilines is 1. The topological polar surface area (TPSA) is 64.4 Å². The van der Waals surface area contributed by atoms with Gasteiger partial charge in [-0.25, -0.2) is 0 Å². The van der Waals surface area contributed by atoms with E-state index in [-0.39, 0.29) is 10.6 Å². The van der Waals surface area contributed by atoms with E-state index >= 15 is 0 Å². The standard InChI is InChI=1S/C15H22N2O3/c1-2-10-16-13-8-5-9-14(15(13)17(18)19)20-11-12-6-3-4-7-12/h5,8-9,12,16H,2-4,6-7,10-11H2,1H3. The van der Waals surface area contributed by atoms with Gasteiger partial charge in [-0.05, 0) is 37.3 Å². The minimum absolute atomic E-state index is 0.0546. The van der Waals surface area contributed by atoms with E-state index in [1.165, 1.54) is 25.7 Å². The lowest BCUT2D eigenvalue weighted by molar-refractivity contribution is -0.385. The fourth-order valence-electron chi connectivity index (χ4n) is 2.61. The Balaban J connectivity index is 2.11. The van der Waals surface area contributed by atoms with Crippen molar-refractivity contribution in [3.8, 4) is 5.75 Å². The van der Waals surface area contributed by atoms with E-state index in [0.717, 1.165) is 6.42 Å². The van der Waals surface area contributed by atoms with Gasteiger partial charge in [0.2, 0.25) is 0 Å². The van der Waals surface area contributed by atoms with Gasteiger partial charge in [-0.15, -0.1) is 0 Å². The lowest BCUT2D eigenvalue weighted by Crippen LogP contribution is -2.10. The Kier molecular flexibility index (Phi) is 5.21. The molecule has 0 amide bonds. The zero-order valence-corrected chi connectivity index (χ0v) is 11.9. The molecule has 2 rings (SSSR count). The average molecular weight is 278 g/mol. The summed E-state index contributed by atoms with van der Waals surface area (Å²) in [5, 5.41) is 14.4. The molecule has 0 heterocycles. The van der Waals surface area contributed by atoms with Gasteiger partial charge < -0.3 is 10.1 Å². The molecule has 0 unspecified atom stereocenters. The average Bonchev–Trinajstić information content (AvgIpc) is 2.95. The van der Waals surface area contributed by atoms with E-state index in [4.69, 9.17) is 4.74 Å². The molecule has 5 heteroatoms. The van der Waals surface area contributed by atoms with E-state index in [9.17, 15) is 10.1 Å². The van der Waals surface area contributed by atoms with Crippen LogP contribution in [0.3, 0.4) is 0 Å². The van der Waals surface area contributed by atoms with Crippen molar-refractivity contribution in [3.05, 3.63) is 28.3 Å². The third-order valence-corrected chi connectivity index (χ3v) is 3.70. The number of nitrogens with zero attached hydrogens (tertiary/aromatic N) is 1. The van der Waals surface area contributed by atoms with Gasteiger partial charge in [0.15, 0.2) is 5.75 Å². The van der Waals surface area contributed by atoms with E-state index in [1.807, 2.05) is 6.92 Å². The number of benzene rings is 1. The molecule has 1 aliphatic rings. The molecule has 1 saturated carbocycles. The Morgan fingerprint density at radius 1 is 1.40 bits per heavy atom. The number of nitro benzene ring substituents is 1. The van der Waals surface area contributed by atoms with Gasteiger partial charge in [-0.3, -0.25) is 10.1 Å². The fraction of sp³-hybridized carbons (Fsp3) is 0.600. The number of para-hydroxylation sites is 1.